The van der Waals surface area contributed by atoms with E-state index in [2.05, 4.69) is 18.7 Å². The second kappa shape index (κ2) is 4.21. The van der Waals surface area contributed by atoms with E-state index in [0.717, 1.165) is 19.3 Å². The predicted octanol–water partition coefficient (Wildman–Crippen LogP) is 2.57. The van der Waals surface area contributed by atoms with Crippen molar-refractivity contribution in [2.75, 3.05) is 6.54 Å². The number of allylic oxidation sites excluding steroid dienone is 3. The second-order valence-electron chi connectivity index (χ2n) is 3.60. The second-order valence-corrected chi connectivity index (χ2v) is 3.60. The lowest BCUT2D eigenvalue weighted by molar-refractivity contribution is -0.482. The number of hydrogen-bond donors (Lipinski definition) is 0. The van der Waals surface area contributed by atoms with Crippen LogP contribution in [0.1, 0.15) is 25.7 Å². The summed E-state index contributed by atoms with van der Waals surface area (Å²) in [4.78, 5) is 9.99. The zero-order valence-electron chi connectivity index (χ0n) is 7.74. The molecule has 0 amide bonds. The summed E-state index contributed by atoms with van der Waals surface area (Å²) in [5, 5.41) is 10.2. The van der Waals surface area contributed by atoms with E-state index in [1.807, 2.05) is 6.08 Å². The lowest BCUT2D eigenvalue weighted by atomic mass is 9.70. The summed E-state index contributed by atoms with van der Waals surface area (Å²) in [6, 6.07) is 0. The molecule has 0 aliphatic heterocycles. The van der Waals surface area contributed by atoms with Gasteiger partial charge < -0.3 is 0 Å². The van der Waals surface area contributed by atoms with Crippen molar-refractivity contribution in [3.8, 4) is 0 Å². The van der Waals surface area contributed by atoms with Crippen LogP contribution >= 0.6 is 0 Å². The minimum Gasteiger partial charge on any atom is -0.265 e. The number of hydrogen-bond acceptors (Lipinski definition) is 2. The topological polar surface area (TPSA) is 43.1 Å². The third-order valence-corrected chi connectivity index (χ3v) is 2.63. The van der Waals surface area contributed by atoms with Crippen molar-refractivity contribution in [2.24, 2.45) is 5.41 Å². The highest BCUT2D eigenvalue weighted by Gasteiger charge is 2.31. The summed E-state index contributed by atoms with van der Waals surface area (Å²) in [5.74, 6) is 0. The first kappa shape index (κ1) is 9.96. The fourth-order valence-corrected chi connectivity index (χ4v) is 1.65. The van der Waals surface area contributed by atoms with Crippen LogP contribution in [0.25, 0.3) is 0 Å². The van der Waals surface area contributed by atoms with Crippen molar-refractivity contribution >= 4 is 0 Å². The maximum atomic E-state index is 10.2. The molecule has 3 heteroatoms. The molecule has 0 N–H and O–H groups in total. The van der Waals surface area contributed by atoms with Gasteiger partial charge in [-0.25, -0.2) is 0 Å². The molecule has 0 aromatic rings. The van der Waals surface area contributed by atoms with Crippen LogP contribution in [0.4, 0.5) is 0 Å². The van der Waals surface area contributed by atoms with Gasteiger partial charge in [-0.15, -0.1) is 6.58 Å². The van der Waals surface area contributed by atoms with Gasteiger partial charge in [0.05, 0.1) is 0 Å². The molecule has 1 aliphatic rings. The highest BCUT2D eigenvalue weighted by atomic mass is 16.6. The minimum atomic E-state index is -0.234. The first-order chi connectivity index (χ1) is 6.18. The maximum Gasteiger partial charge on any atom is 0.204 e. The van der Waals surface area contributed by atoms with Gasteiger partial charge in [-0.1, -0.05) is 18.2 Å². The van der Waals surface area contributed by atoms with Crippen molar-refractivity contribution in [1.82, 2.24) is 0 Å². The van der Waals surface area contributed by atoms with Gasteiger partial charge in [0, 0.05) is 11.3 Å². The summed E-state index contributed by atoms with van der Waals surface area (Å²) in [6.07, 6.45) is 9.69. The molecule has 0 saturated heterocycles. The number of nitrogens with zero attached hydrogens (tertiary/aromatic N) is 1. The SMILES string of the molecule is C=CCCC1(CC[N+](=O)[O-])C=CC1. The van der Waals surface area contributed by atoms with Gasteiger partial charge in [-0.3, -0.25) is 10.1 Å². The molecular formula is C10H15NO2. The van der Waals surface area contributed by atoms with Gasteiger partial charge >= 0.3 is 0 Å². The Labute approximate surface area is 78.3 Å². The monoisotopic (exact) mass is 181 g/mol. The van der Waals surface area contributed by atoms with E-state index in [9.17, 15) is 10.1 Å². The summed E-state index contributed by atoms with van der Waals surface area (Å²) >= 11 is 0. The molecule has 0 radical (unpaired) electrons. The molecule has 3 nitrogen and oxygen atoms in total. The van der Waals surface area contributed by atoms with Crippen molar-refractivity contribution in [2.45, 2.75) is 25.7 Å². The van der Waals surface area contributed by atoms with Gasteiger partial charge in [0.2, 0.25) is 6.54 Å². The standard InChI is InChI=1S/C10H15NO2/c1-2-3-5-10(6-4-7-10)8-9-11(12)13/h2,4,6H,1,3,5,7-9H2. The Hall–Kier alpha value is -1.12. The third kappa shape index (κ3) is 2.68. The molecular weight excluding hydrogens is 166 g/mol. The van der Waals surface area contributed by atoms with E-state index in [1.54, 1.807) is 0 Å². The number of nitro groups is 1. The molecule has 0 bridgehead atoms. The maximum absolute atomic E-state index is 10.2. The summed E-state index contributed by atoms with van der Waals surface area (Å²) in [5.41, 5.74) is 0.112. The first-order valence-corrected chi connectivity index (χ1v) is 4.59. The molecule has 0 aromatic carbocycles. The number of rotatable bonds is 6. The van der Waals surface area contributed by atoms with Crippen molar-refractivity contribution in [3.63, 3.8) is 0 Å². The fraction of sp³-hybridized carbons (Fsp3) is 0.600. The average Bonchev–Trinajstić information content (AvgIpc) is 2.02. The highest BCUT2D eigenvalue weighted by Crippen LogP contribution is 2.41. The molecule has 0 saturated carbocycles. The summed E-state index contributed by atoms with van der Waals surface area (Å²) in [6.45, 7) is 3.74. The van der Waals surface area contributed by atoms with Crippen molar-refractivity contribution < 1.29 is 4.92 Å². The molecule has 72 valence electrons. The predicted molar refractivity (Wildman–Crippen MR) is 52.1 cm³/mol. The molecule has 0 aromatic heterocycles. The molecule has 0 heterocycles. The van der Waals surface area contributed by atoms with Crippen LogP contribution in [-0.2, 0) is 0 Å². The first-order valence-electron chi connectivity index (χ1n) is 4.59. The Balaban J connectivity index is 2.36. The highest BCUT2D eigenvalue weighted by molar-refractivity contribution is 5.13. The molecule has 1 rings (SSSR count). The molecule has 0 fully saturated rings. The van der Waals surface area contributed by atoms with E-state index in [0.29, 0.717) is 6.42 Å². The van der Waals surface area contributed by atoms with Gasteiger partial charge in [0.25, 0.3) is 0 Å². The van der Waals surface area contributed by atoms with Crippen molar-refractivity contribution in [3.05, 3.63) is 34.9 Å². The van der Waals surface area contributed by atoms with E-state index >= 15 is 0 Å². The Morgan fingerprint density at radius 2 is 2.31 bits per heavy atom. The van der Waals surface area contributed by atoms with Crippen LogP contribution in [0.3, 0.4) is 0 Å². The van der Waals surface area contributed by atoms with E-state index < -0.39 is 0 Å². The third-order valence-electron chi connectivity index (χ3n) is 2.63. The van der Waals surface area contributed by atoms with Crippen LogP contribution in [0.2, 0.25) is 0 Å². The Morgan fingerprint density at radius 1 is 1.62 bits per heavy atom. The van der Waals surface area contributed by atoms with E-state index in [1.165, 1.54) is 0 Å². The largest absolute Gasteiger partial charge is 0.265 e. The Kier molecular flexibility index (Phi) is 3.23. The smallest absolute Gasteiger partial charge is 0.204 e. The normalized spacial score (nSPS) is 25.2. The van der Waals surface area contributed by atoms with Crippen LogP contribution in [0.5, 0.6) is 0 Å². The van der Waals surface area contributed by atoms with Crippen molar-refractivity contribution in [1.29, 1.82) is 0 Å². The van der Waals surface area contributed by atoms with Crippen LogP contribution in [0.15, 0.2) is 24.8 Å². The lowest BCUT2D eigenvalue weighted by Crippen LogP contribution is -2.26. The summed E-state index contributed by atoms with van der Waals surface area (Å²) in [7, 11) is 0. The molecule has 1 atom stereocenters. The van der Waals surface area contributed by atoms with E-state index in [-0.39, 0.29) is 16.9 Å². The quantitative estimate of drug-likeness (QED) is 0.359. The molecule has 1 aliphatic carbocycles. The fourth-order valence-electron chi connectivity index (χ4n) is 1.65. The van der Waals surface area contributed by atoms with Crippen LogP contribution in [-0.4, -0.2) is 11.5 Å². The zero-order chi connectivity index (χ0) is 9.73. The molecule has 1 unspecified atom stereocenters. The Bertz CT molecular complexity index is 235. The zero-order valence-corrected chi connectivity index (χ0v) is 7.74. The van der Waals surface area contributed by atoms with E-state index in [4.69, 9.17) is 0 Å². The van der Waals surface area contributed by atoms with Gasteiger partial charge in [0.1, 0.15) is 0 Å². The van der Waals surface area contributed by atoms with Gasteiger partial charge in [-0.05, 0) is 24.7 Å². The lowest BCUT2D eigenvalue weighted by Gasteiger charge is -2.34. The Morgan fingerprint density at radius 3 is 2.69 bits per heavy atom. The molecule has 13 heavy (non-hydrogen) atoms. The van der Waals surface area contributed by atoms with Crippen LogP contribution in [0, 0.1) is 15.5 Å². The molecule has 0 spiro atoms. The summed E-state index contributed by atoms with van der Waals surface area (Å²) < 4.78 is 0. The average molecular weight is 181 g/mol. The minimum absolute atomic E-state index is 0.0848. The van der Waals surface area contributed by atoms with Crippen LogP contribution < -0.4 is 0 Å². The van der Waals surface area contributed by atoms with Gasteiger partial charge in [0.15, 0.2) is 0 Å². The van der Waals surface area contributed by atoms with Gasteiger partial charge in [-0.2, -0.15) is 0 Å².